The molecule has 1 aromatic heterocycles. The lowest BCUT2D eigenvalue weighted by Crippen LogP contribution is -2.29. The smallest absolute Gasteiger partial charge is 0.242 e. The van der Waals surface area contributed by atoms with Crippen molar-refractivity contribution in [3.05, 3.63) is 30.3 Å². The summed E-state index contributed by atoms with van der Waals surface area (Å²) in [5, 5.41) is 9.54. The summed E-state index contributed by atoms with van der Waals surface area (Å²) in [6.07, 6.45) is 0. The van der Waals surface area contributed by atoms with Crippen molar-refractivity contribution in [2.75, 3.05) is 25.6 Å². The summed E-state index contributed by atoms with van der Waals surface area (Å²) in [6, 6.07) is 8.05. The number of hydrogen-bond acceptors (Lipinski definition) is 6. The Morgan fingerprint density at radius 3 is 2.75 bits per heavy atom. The number of nitrogens with two attached hydrogens (primary N) is 1. The molecule has 1 aromatic carbocycles. The van der Waals surface area contributed by atoms with Gasteiger partial charge in [0.05, 0.1) is 17.0 Å². The van der Waals surface area contributed by atoms with Crippen molar-refractivity contribution in [2.45, 2.75) is 4.90 Å². The van der Waals surface area contributed by atoms with Crippen molar-refractivity contribution < 1.29 is 13.5 Å². The maximum Gasteiger partial charge on any atom is 0.242 e. The molecule has 0 radical (unpaired) electrons. The van der Waals surface area contributed by atoms with Crippen molar-refractivity contribution in [3.63, 3.8) is 0 Å². The number of benzene rings is 1. The first-order chi connectivity index (χ1) is 9.48. The van der Waals surface area contributed by atoms with Crippen LogP contribution in [0.1, 0.15) is 0 Å². The Morgan fingerprint density at radius 2 is 2.10 bits per heavy atom. The van der Waals surface area contributed by atoms with Gasteiger partial charge < -0.3 is 10.5 Å². The molecule has 0 unspecified atom stereocenters. The molecule has 0 saturated carbocycles. The standard InChI is InChI=1S/C12H16N4O3S/c1-16(6-7-17)20(18,19)10-3-4-11-9(8-10)2-5-12(14-11)15-13/h2-5,8,17H,6-7,13H2,1H3,(H,14,15). The molecule has 0 atom stereocenters. The molecule has 1 heterocycles. The van der Waals surface area contributed by atoms with Crippen LogP contribution in [-0.4, -0.2) is 43.0 Å². The minimum absolute atomic E-state index is 0.0502. The van der Waals surface area contributed by atoms with Crippen LogP contribution in [0, 0.1) is 0 Å². The van der Waals surface area contributed by atoms with Crippen LogP contribution in [0.4, 0.5) is 5.82 Å². The number of nitrogens with one attached hydrogen (secondary N) is 1. The molecule has 2 aromatic rings. The third kappa shape index (κ3) is 2.73. The number of pyridine rings is 1. The highest BCUT2D eigenvalue weighted by Gasteiger charge is 2.20. The maximum absolute atomic E-state index is 12.3. The number of anilines is 1. The van der Waals surface area contributed by atoms with E-state index in [0.717, 1.165) is 4.31 Å². The van der Waals surface area contributed by atoms with E-state index in [1.165, 1.54) is 13.1 Å². The third-order valence-electron chi connectivity index (χ3n) is 2.93. The van der Waals surface area contributed by atoms with Crippen LogP contribution in [0.25, 0.3) is 10.9 Å². The highest BCUT2D eigenvalue weighted by Crippen LogP contribution is 2.21. The SMILES string of the molecule is CN(CCO)S(=O)(=O)c1ccc2nc(NN)ccc2c1. The van der Waals surface area contributed by atoms with Crippen LogP contribution in [-0.2, 0) is 10.0 Å². The van der Waals surface area contributed by atoms with Crippen LogP contribution >= 0.6 is 0 Å². The highest BCUT2D eigenvalue weighted by molar-refractivity contribution is 7.89. The topological polar surface area (TPSA) is 109 Å². The van der Waals surface area contributed by atoms with Crippen molar-refractivity contribution in [1.82, 2.24) is 9.29 Å². The summed E-state index contributed by atoms with van der Waals surface area (Å²) in [5.74, 6) is 5.78. The lowest BCUT2D eigenvalue weighted by molar-refractivity contribution is 0.266. The monoisotopic (exact) mass is 296 g/mol. The van der Waals surface area contributed by atoms with Gasteiger partial charge in [0.25, 0.3) is 0 Å². The number of nitrogen functional groups attached to an aromatic ring is 1. The van der Waals surface area contributed by atoms with Gasteiger partial charge in [0, 0.05) is 19.0 Å². The molecule has 0 amide bonds. The van der Waals surface area contributed by atoms with Gasteiger partial charge in [-0.1, -0.05) is 0 Å². The van der Waals surface area contributed by atoms with Crippen LogP contribution < -0.4 is 11.3 Å². The quantitative estimate of drug-likeness (QED) is 0.535. The summed E-state index contributed by atoms with van der Waals surface area (Å²) >= 11 is 0. The lowest BCUT2D eigenvalue weighted by atomic mass is 10.2. The van der Waals surface area contributed by atoms with E-state index < -0.39 is 10.0 Å². The molecule has 4 N–H and O–H groups in total. The minimum atomic E-state index is -3.60. The first-order valence-electron chi connectivity index (χ1n) is 5.93. The van der Waals surface area contributed by atoms with Gasteiger partial charge >= 0.3 is 0 Å². The predicted molar refractivity (Wildman–Crippen MR) is 76.5 cm³/mol. The van der Waals surface area contributed by atoms with E-state index in [4.69, 9.17) is 10.9 Å². The van der Waals surface area contributed by atoms with E-state index in [-0.39, 0.29) is 18.0 Å². The number of aliphatic hydroxyl groups excluding tert-OH is 1. The fourth-order valence-electron chi connectivity index (χ4n) is 1.79. The number of nitrogens with zero attached hydrogens (tertiary/aromatic N) is 2. The zero-order chi connectivity index (χ0) is 14.8. The molecule has 8 heteroatoms. The Labute approximate surface area is 117 Å². The van der Waals surface area contributed by atoms with Crippen LogP contribution in [0.3, 0.4) is 0 Å². The third-order valence-corrected chi connectivity index (χ3v) is 4.78. The van der Waals surface area contributed by atoms with E-state index in [1.807, 2.05) is 0 Å². The number of fused-ring (bicyclic) bond motifs is 1. The van der Waals surface area contributed by atoms with E-state index >= 15 is 0 Å². The number of hydrogen-bond donors (Lipinski definition) is 3. The molecule has 108 valence electrons. The van der Waals surface area contributed by atoms with Gasteiger partial charge in [-0.15, -0.1) is 0 Å². The summed E-state index contributed by atoms with van der Waals surface area (Å²) in [7, 11) is -2.18. The Hall–Kier alpha value is -1.74. The second-order valence-corrected chi connectivity index (χ2v) is 6.29. The first kappa shape index (κ1) is 14.7. The van der Waals surface area contributed by atoms with Crippen molar-refractivity contribution in [3.8, 4) is 0 Å². The largest absolute Gasteiger partial charge is 0.395 e. The second kappa shape index (κ2) is 5.71. The van der Waals surface area contributed by atoms with Crippen molar-refractivity contribution >= 4 is 26.7 Å². The van der Waals surface area contributed by atoms with E-state index in [2.05, 4.69) is 10.4 Å². The summed E-state index contributed by atoms with van der Waals surface area (Å²) in [4.78, 5) is 4.38. The number of rotatable bonds is 5. The number of aromatic nitrogens is 1. The Morgan fingerprint density at radius 1 is 1.35 bits per heavy atom. The molecule has 0 aliphatic heterocycles. The maximum atomic E-state index is 12.3. The average Bonchev–Trinajstić information content (AvgIpc) is 2.46. The van der Waals surface area contributed by atoms with Gasteiger partial charge in [0.15, 0.2) is 0 Å². The summed E-state index contributed by atoms with van der Waals surface area (Å²) < 4.78 is 25.6. The van der Waals surface area contributed by atoms with E-state index in [9.17, 15) is 8.42 Å². The van der Waals surface area contributed by atoms with Crippen LogP contribution in [0.5, 0.6) is 0 Å². The molecular formula is C12H16N4O3S. The molecule has 0 bridgehead atoms. The zero-order valence-corrected chi connectivity index (χ0v) is 11.8. The van der Waals surface area contributed by atoms with Gasteiger partial charge in [0.1, 0.15) is 5.82 Å². The predicted octanol–water partition coefficient (Wildman–Crippen LogP) is 0.133. The molecule has 7 nitrogen and oxygen atoms in total. The first-order valence-corrected chi connectivity index (χ1v) is 7.37. The van der Waals surface area contributed by atoms with E-state index in [0.29, 0.717) is 16.7 Å². The molecular weight excluding hydrogens is 280 g/mol. The van der Waals surface area contributed by atoms with Gasteiger partial charge in [-0.25, -0.2) is 19.2 Å². The van der Waals surface area contributed by atoms with E-state index in [1.54, 1.807) is 24.3 Å². The fraction of sp³-hybridized carbons (Fsp3) is 0.250. The molecule has 2 rings (SSSR count). The Balaban J connectivity index is 2.46. The lowest BCUT2D eigenvalue weighted by Gasteiger charge is -2.16. The molecule has 0 fully saturated rings. The molecule has 0 aliphatic rings. The van der Waals surface area contributed by atoms with Crippen molar-refractivity contribution in [1.29, 1.82) is 0 Å². The molecule has 0 aliphatic carbocycles. The molecule has 20 heavy (non-hydrogen) atoms. The molecule has 0 spiro atoms. The van der Waals surface area contributed by atoms with Gasteiger partial charge in [0.2, 0.25) is 10.0 Å². The summed E-state index contributed by atoms with van der Waals surface area (Å²) in [5.41, 5.74) is 3.08. The van der Waals surface area contributed by atoms with Gasteiger partial charge in [-0.3, -0.25) is 0 Å². The van der Waals surface area contributed by atoms with Crippen molar-refractivity contribution in [2.24, 2.45) is 5.84 Å². The highest BCUT2D eigenvalue weighted by atomic mass is 32.2. The fourth-order valence-corrected chi connectivity index (χ4v) is 2.98. The Kier molecular flexibility index (Phi) is 4.19. The summed E-state index contributed by atoms with van der Waals surface area (Å²) in [6.45, 7) is -0.176. The van der Waals surface area contributed by atoms with Gasteiger partial charge in [-0.2, -0.15) is 4.31 Å². The number of sulfonamides is 1. The van der Waals surface area contributed by atoms with Gasteiger partial charge in [-0.05, 0) is 30.3 Å². The normalized spacial score (nSPS) is 12.0. The number of likely N-dealkylation sites (N-methyl/N-ethyl adjacent to an activating group) is 1. The Bertz CT molecular complexity index is 718. The average molecular weight is 296 g/mol. The number of hydrazine groups is 1. The van der Waals surface area contributed by atoms with Crippen LogP contribution in [0.2, 0.25) is 0 Å². The van der Waals surface area contributed by atoms with Crippen LogP contribution in [0.15, 0.2) is 35.2 Å². The minimum Gasteiger partial charge on any atom is -0.395 e. The zero-order valence-electron chi connectivity index (χ0n) is 10.9. The molecule has 0 saturated heterocycles. The number of aliphatic hydroxyl groups is 1. The second-order valence-electron chi connectivity index (χ2n) is 4.25.